The number of fused-ring (bicyclic) bond motifs is 1. The van der Waals surface area contributed by atoms with Gasteiger partial charge >= 0.3 is 0 Å². The number of hydrogen-bond acceptors (Lipinski definition) is 3. The summed E-state index contributed by atoms with van der Waals surface area (Å²) >= 11 is 1.33. The average molecular weight is 306 g/mol. The molecule has 0 fully saturated rings. The highest BCUT2D eigenvalue weighted by Crippen LogP contribution is 2.31. The van der Waals surface area contributed by atoms with Gasteiger partial charge in [0.2, 0.25) is 0 Å². The molecule has 1 aliphatic heterocycles. The van der Waals surface area contributed by atoms with Gasteiger partial charge in [0.05, 0.1) is 0 Å². The number of rotatable bonds is 2. The van der Waals surface area contributed by atoms with E-state index in [1.54, 1.807) is 0 Å². The van der Waals surface area contributed by atoms with Crippen LogP contribution in [0.3, 0.4) is 0 Å². The highest BCUT2D eigenvalue weighted by atomic mass is 32.2. The molecule has 0 radical (unpaired) electrons. The predicted molar refractivity (Wildman–Crippen MR) is 80.3 cm³/mol. The van der Waals surface area contributed by atoms with Crippen LogP contribution in [0.1, 0.15) is 45.1 Å². The second-order valence-electron chi connectivity index (χ2n) is 5.15. The normalized spacial score (nSPS) is 16.3. The van der Waals surface area contributed by atoms with Gasteiger partial charge in [0.15, 0.2) is 5.82 Å². The average Bonchev–Trinajstić information content (AvgIpc) is 2.68. The Hall–Kier alpha value is -0.300. The Kier molecular flexibility index (Phi) is 6.11. The third-order valence-electron chi connectivity index (χ3n) is 2.39. The Bertz CT molecular complexity index is 452. The zero-order valence-corrected chi connectivity index (χ0v) is 13.9. The Labute approximate surface area is 121 Å². The minimum Gasteiger partial charge on any atom is -0.312 e. The van der Waals surface area contributed by atoms with E-state index in [2.05, 4.69) is 10.0 Å². The Morgan fingerprint density at radius 2 is 2.00 bits per heavy atom. The number of hydrogen-bond donors (Lipinski definition) is 2. The van der Waals surface area contributed by atoms with Crippen LogP contribution in [0, 0.1) is 5.82 Å². The van der Waals surface area contributed by atoms with Gasteiger partial charge in [-0.25, -0.2) is 13.3 Å². The highest BCUT2D eigenvalue weighted by molar-refractivity contribution is 7.85. The van der Waals surface area contributed by atoms with Gasteiger partial charge in [-0.1, -0.05) is 13.8 Å². The van der Waals surface area contributed by atoms with Crippen molar-refractivity contribution >= 4 is 22.3 Å². The molecular weight excluding hydrogens is 283 g/mol. The minimum atomic E-state index is -1.46. The second kappa shape index (κ2) is 6.92. The lowest BCUT2D eigenvalue weighted by molar-refractivity contribution is 0.516. The van der Waals surface area contributed by atoms with Crippen molar-refractivity contribution < 1.29 is 8.60 Å². The fourth-order valence-electron chi connectivity index (χ4n) is 1.70. The van der Waals surface area contributed by atoms with E-state index in [4.69, 9.17) is 0 Å². The first-order valence-corrected chi connectivity index (χ1v) is 8.55. The standard InChI is InChI=1S/C11H17FN2OS2.C2H6/c1-11(2,3)14-17(15)10-9(12)7-6-13-5-4-8(7)16-10;1-2/h13-14H,4-6H2,1-3H3;1-2H3. The molecule has 0 bridgehead atoms. The van der Waals surface area contributed by atoms with E-state index in [1.165, 1.54) is 11.3 Å². The highest BCUT2D eigenvalue weighted by Gasteiger charge is 2.25. The van der Waals surface area contributed by atoms with Gasteiger partial charge in [0.1, 0.15) is 15.2 Å². The lowest BCUT2D eigenvalue weighted by Gasteiger charge is -2.18. The van der Waals surface area contributed by atoms with Crippen molar-refractivity contribution in [3.8, 4) is 0 Å². The first-order chi connectivity index (χ1) is 8.88. The van der Waals surface area contributed by atoms with E-state index in [0.29, 0.717) is 16.3 Å². The molecule has 2 rings (SSSR count). The summed E-state index contributed by atoms with van der Waals surface area (Å²) in [6, 6.07) is 0. The van der Waals surface area contributed by atoms with E-state index in [1.807, 2.05) is 34.6 Å². The Morgan fingerprint density at radius 1 is 1.37 bits per heavy atom. The molecule has 2 heterocycles. The van der Waals surface area contributed by atoms with Crippen LogP contribution in [0.25, 0.3) is 0 Å². The van der Waals surface area contributed by atoms with Crippen LogP contribution < -0.4 is 10.0 Å². The van der Waals surface area contributed by atoms with Gasteiger partial charge in [-0.05, 0) is 27.2 Å². The van der Waals surface area contributed by atoms with Crippen LogP contribution in [0.15, 0.2) is 4.21 Å². The molecule has 1 aliphatic rings. The van der Waals surface area contributed by atoms with Crippen LogP contribution in [0.4, 0.5) is 4.39 Å². The molecule has 110 valence electrons. The van der Waals surface area contributed by atoms with Crippen molar-refractivity contribution in [1.82, 2.24) is 10.0 Å². The molecule has 3 nitrogen and oxygen atoms in total. The summed E-state index contributed by atoms with van der Waals surface area (Å²) in [5.41, 5.74) is 0.403. The number of halogens is 1. The van der Waals surface area contributed by atoms with Crippen LogP contribution >= 0.6 is 11.3 Å². The van der Waals surface area contributed by atoms with Crippen molar-refractivity contribution in [3.63, 3.8) is 0 Å². The first kappa shape index (κ1) is 16.8. The molecule has 0 saturated heterocycles. The van der Waals surface area contributed by atoms with Crippen molar-refractivity contribution in [2.45, 2.75) is 57.3 Å². The third kappa shape index (κ3) is 4.34. The molecule has 1 aromatic rings. The molecule has 1 unspecified atom stereocenters. The van der Waals surface area contributed by atoms with Crippen LogP contribution in [-0.2, 0) is 24.0 Å². The van der Waals surface area contributed by atoms with Crippen LogP contribution in [-0.4, -0.2) is 16.3 Å². The maximum absolute atomic E-state index is 14.1. The monoisotopic (exact) mass is 306 g/mol. The summed E-state index contributed by atoms with van der Waals surface area (Å²) in [5.74, 6) is -0.299. The van der Waals surface area contributed by atoms with Gasteiger partial charge in [-0.15, -0.1) is 11.3 Å². The van der Waals surface area contributed by atoms with E-state index in [9.17, 15) is 8.60 Å². The zero-order valence-electron chi connectivity index (χ0n) is 12.2. The van der Waals surface area contributed by atoms with Crippen molar-refractivity contribution in [2.75, 3.05) is 6.54 Å². The molecule has 6 heteroatoms. The smallest absolute Gasteiger partial charge is 0.156 e. The van der Waals surface area contributed by atoms with Gasteiger partial charge in [-0.2, -0.15) is 0 Å². The lowest BCUT2D eigenvalue weighted by atomic mass is 10.1. The van der Waals surface area contributed by atoms with Gasteiger partial charge < -0.3 is 5.32 Å². The number of nitrogens with one attached hydrogen (secondary N) is 2. The predicted octanol–water partition coefficient (Wildman–Crippen LogP) is 2.97. The Morgan fingerprint density at radius 3 is 2.53 bits per heavy atom. The van der Waals surface area contributed by atoms with E-state index >= 15 is 0 Å². The van der Waals surface area contributed by atoms with Gasteiger partial charge in [0, 0.05) is 29.1 Å². The summed E-state index contributed by atoms with van der Waals surface area (Å²) in [6.07, 6.45) is 0.823. The lowest BCUT2D eigenvalue weighted by Crippen LogP contribution is -2.37. The molecule has 0 saturated carbocycles. The quantitative estimate of drug-likeness (QED) is 0.882. The summed E-state index contributed by atoms with van der Waals surface area (Å²) in [4.78, 5) is 1.03. The topological polar surface area (TPSA) is 41.1 Å². The van der Waals surface area contributed by atoms with E-state index in [-0.39, 0.29) is 11.4 Å². The zero-order chi connectivity index (χ0) is 14.6. The summed E-state index contributed by atoms with van der Waals surface area (Å²) in [6.45, 7) is 11.2. The van der Waals surface area contributed by atoms with E-state index < -0.39 is 11.0 Å². The van der Waals surface area contributed by atoms with Crippen LogP contribution in [0.2, 0.25) is 0 Å². The summed E-state index contributed by atoms with van der Waals surface area (Å²) in [5, 5.41) is 3.13. The SMILES string of the molecule is CC.CC(C)(C)NS(=O)c1sc2c(c1F)CNCC2. The van der Waals surface area contributed by atoms with Crippen LogP contribution in [0.5, 0.6) is 0 Å². The molecule has 0 amide bonds. The molecule has 1 aromatic heterocycles. The molecule has 2 N–H and O–H groups in total. The molecular formula is C13H23FN2OS2. The maximum atomic E-state index is 14.1. The van der Waals surface area contributed by atoms with Gasteiger partial charge in [-0.3, -0.25) is 0 Å². The first-order valence-electron chi connectivity index (χ1n) is 6.59. The fraction of sp³-hybridized carbons (Fsp3) is 0.692. The molecule has 0 spiro atoms. The van der Waals surface area contributed by atoms with Gasteiger partial charge in [0.25, 0.3) is 0 Å². The molecule has 0 aromatic carbocycles. The Balaban J connectivity index is 0.000000861. The maximum Gasteiger partial charge on any atom is 0.156 e. The van der Waals surface area contributed by atoms with Crippen molar-refractivity contribution in [3.05, 3.63) is 16.3 Å². The second-order valence-corrected chi connectivity index (χ2v) is 7.67. The molecule has 0 aliphatic carbocycles. The number of thiophene rings is 1. The molecule has 1 atom stereocenters. The fourth-order valence-corrected chi connectivity index (χ4v) is 4.29. The van der Waals surface area contributed by atoms with E-state index in [0.717, 1.165) is 17.8 Å². The van der Waals surface area contributed by atoms with Crippen molar-refractivity contribution in [2.24, 2.45) is 0 Å². The molecule has 19 heavy (non-hydrogen) atoms. The third-order valence-corrected chi connectivity index (χ3v) is 5.47. The largest absolute Gasteiger partial charge is 0.312 e. The minimum absolute atomic E-state index is 0.292. The van der Waals surface area contributed by atoms with Crippen molar-refractivity contribution in [1.29, 1.82) is 0 Å². The summed E-state index contributed by atoms with van der Waals surface area (Å²) in [7, 11) is -1.46. The summed E-state index contributed by atoms with van der Waals surface area (Å²) < 4.78 is 29.4.